The predicted octanol–water partition coefficient (Wildman–Crippen LogP) is -1.73. The van der Waals surface area contributed by atoms with Crippen molar-refractivity contribution in [2.75, 3.05) is 0 Å². The maximum absolute atomic E-state index is 9.62. The summed E-state index contributed by atoms with van der Waals surface area (Å²) in [6.07, 6.45) is 0.806. The quantitative estimate of drug-likeness (QED) is 0.252. The highest BCUT2D eigenvalue weighted by Gasteiger charge is 1.86. The van der Waals surface area contributed by atoms with E-state index in [-0.39, 0.29) is 5.11 Å². The van der Waals surface area contributed by atoms with Crippen LogP contribution < -0.4 is 16.2 Å². The van der Waals surface area contributed by atoms with Gasteiger partial charge >= 0.3 is 0 Å². The van der Waals surface area contributed by atoms with Gasteiger partial charge in [0, 0.05) is 0 Å². The van der Waals surface area contributed by atoms with E-state index in [0.717, 1.165) is 0 Å². The molecule has 0 aromatic rings. The summed E-state index contributed by atoms with van der Waals surface area (Å²) in [6, 6.07) is 0. The minimum atomic E-state index is 0.0529. The van der Waals surface area contributed by atoms with Gasteiger partial charge in [-0.05, 0) is 12.2 Å². The fourth-order valence-corrected chi connectivity index (χ4v) is 0.292. The lowest BCUT2D eigenvalue weighted by Gasteiger charge is -2.00. The molecule has 0 aromatic carbocycles. The normalized spacial score (nSPS) is 7.11. The minimum Gasteiger partial charge on any atom is -0.304 e. The van der Waals surface area contributed by atoms with Gasteiger partial charge in [-0.15, -0.1) is 0 Å². The molecular weight excluding hydrogens is 142 g/mol. The van der Waals surface area contributed by atoms with Crippen molar-refractivity contribution >= 4 is 30.2 Å². The number of thiocarbonyl (C=S) groups is 1. The second kappa shape index (κ2) is 4.98. The zero-order chi connectivity index (χ0) is 7.11. The molecule has 0 saturated heterocycles. The average molecular weight is 147 g/mol. The maximum Gasteiger partial charge on any atom is 0.225 e. The van der Waals surface area contributed by atoms with Crippen molar-refractivity contribution in [3.05, 3.63) is 0 Å². The SMILES string of the molecule is O=CNNC(=S)NC=O. The Morgan fingerprint density at radius 3 is 2.44 bits per heavy atom. The van der Waals surface area contributed by atoms with Crippen LogP contribution in [0.1, 0.15) is 0 Å². The molecule has 0 unspecified atom stereocenters. The zero-order valence-electron chi connectivity index (χ0n) is 4.38. The third kappa shape index (κ3) is 4.69. The molecule has 5 nitrogen and oxygen atoms in total. The van der Waals surface area contributed by atoms with Crippen LogP contribution in [-0.4, -0.2) is 17.9 Å². The van der Waals surface area contributed by atoms with Gasteiger partial charge in [0.25, 0.3) is 0 Å². The molecule has 0 atom stereocenters. The Morgan fingerprint density at radius 2 is 2.00 bits per heavy atom. The van der Waals surface area contributed by atoms with Crippen molar-refractivity contribution in [1.29, 1.82) is 0 Å². The lowest BCUT2D eigenvalue weighted by atomic mass is 11.0. The van der Waals surface area contributed by atoms with Gasteiger partial charge in [0.15, 0.2) is 5.11 Å². The van der Waals surface area contributed by atoms with E-state index in [9.17, 15) is 9.59 Å². The summed E-state index contributed by atoms with van der Waals surface area (Å²) in [5, 5.41) is 2.15. The highest BCUT2D eigenvalue weighted by molar-refractivity contribution is 7.80. The van der Waals surface area contributed by atoms with E-state index in [1.165, 1.54) is 0 Å². The second-order valence-corrected chi connectivity index (χ2v) is 1.39. The zero-order valence-corrected chi connectivity index (χ0v) is 5.20. The summed E-state index contributed by atoms with van der Waals surface area (Å²) in [6.45, 7) is 0. The molecule has 6 heteroatoms. The molecule has 0 aliphatic heterocycles. The fourth-order valence-electron chi connectivity index (χ4n) is 0.185. The van der Waals surface area contributed by atoms with Crippen LogP contribution in [0, 0.1) is 0 Å². The van der Waals surface area contributed by atoms with E-state index < -0.39 is 0 Å². The van der Waals surface area contributed by atoms with Crippen LogP contribution in [-0.2, 0) is 9.59 Å². The monoisotopic (exact) mass is 147 g/mol. The van der Waals surface area contributed by atoms with Gasteiger partial charge < -0.3 is 5.32 Å². The topological polar surface area (TPSA) is 70.2 Å². The molecule has 50 valence electrons. The molecule has 0 rings (SSSR count). The number of carbonyl (C=O) groups is 2. The fraction of sp³-hybridized carbons (Fsp3) is 0. The molecule has 0 heterocycles. The third-order valence-electron chi connectivity index (χ3n) is 0.435. The van der Waals surface area contributed by atoms with Gasteiger partial charge in [-0.3, -0.25) is 20.4 Å². The Bertz CT molecular complexity index is 126. The molecule has 9 heavy (non-hydrogen) atoms. The summed E-state index contributed by atoms with van der Waals surface area (Å²) in [5.41, 5.74) is 4.24. The molecule has 2 amide bonds. The van der Waals surface area contributed by atoms with Crippen molar-refractivity contribution in [3.63, 3.8) is 0 Å². The van der Waals surface area contributed by atoms with Gasteiger partial charge in [-0.2, -0.15) is 0 Å². The lowest BCUT2D eigenvalue weighted by molar-refractivity contribution is -0.110. The first-order valence-corrected chi connectivity index (χ1v) is 2.41. The van der Waals surface area contributed by atoms with Crippen molar-refractivity contribution in [1.82, 2.24) is 16.2 Å². The molecule has 0 aliphatic carbocycles. The van der Waals surface area contributed by atoms with E-state index in [4.69, 9.17) is 0 Å². The molecule has 0 bridgehead atoms. The van der Waals surface area contributed by atoms with E-state index in [2.05, 4.69) is 23.0 Å². The van der Waals surface area contributed by atoms with Crippen LogP contribution in [0.15, 0.2) is 0 Å². The first-order valence-electron chi connectivity index (χ1n) is 2.00. The van der Waals surface area contributed by atoms with Crippen LogP contribution in [0.2, 0.25) is 0 Å². The number of carbonyl (C=O) groups excluding carboxylic acids is 2. The second-order valence-electron chi connectivity index (χ2n) is 0.979. The summed E-state index contributed by atoms with van der Waals surface area (Å²) < 4.78 is 0. The molecule has 0 spiro atoms. The van der Waals surface area contributed by atoms with Crippen molar-refractivity contribution in [3.8, 4) is 0 Å². The Balaban J connectivity index is 3.26. The van der Waals surface area contributed by atoms with E-state index >= 15 is 0 Å². The summed E-state index contributed by atoms with van der Waals surface area (Å²) in [5.74, 6) is 0. The first kappa shape index (κ1) is 7.83. The maximum atomic E-state index is 9.62. The number of hydrazine groups is 1. The van der Waals surface area contributed by atoms with Crippen LogP contribution in [0.4, 0.5) is 0 Å². The van der Waals surface area contributed by atoms with Crippen molar-refractivity contribution < 1.29 is 9.59 Å². The Morgan fingerprint density at radius 1 is 1.33 bits per heavy atom. The van der Waals surface area contributed by atoms with Gasteiger partial charge in [0.05, 0.1) is 0 Å². The van der Waals surface area contributed by atoms with E-state index in [1.54, 1.807) is 0 Å². The molecule has 0 aromatic heterocycles. The molecule has 3 N–H and O–H groups in total. The Hall–Kier alpha value is -1.17. The number of nitrogens with one attached hydrogen (secondary N) is 3. The summed E-state index contributed by atoms with van der Waals surface area (Å²) in [7, 11) is 0. The highest BCUT2D eigenvalue weighted by Crippen LogP contribution is 1.54. The average Bonchev–Trinajstić information content (AvgIpc) is 1.85. The molecule has 0 radical (unpaired) electrons. The predicted molar refractivity (Wildman–Crippen MR) is 34.1 cm³/mol. The molecule has 0 fully saturated rings. The Kier molecular flexibility index (Phi) is 4.33. The minimum absolute atomic E-state index is 0.0529. The van der Waals surface area contributed by atoms with Crippen molar-refractivity contribution in [2.24, 2.45) is 0 Å². The highest BCUT2D eigenvalue weighted by atomic mass is 32.1. The standard InChI is InChI=1S/C3H5N3O2S/c7-1-4-3(9)6-5-2-8/h1-2H,(H,5,8)(H2,4,6,7,9). The van der Waals surface area contributed by atoms with Gasteiger partial charge in [0.1, 0.15) is 0 Å². The van der Waals surface area contributed by atoms with Gasteiger partial charge in [0.2, 0.25) is 12.8 Å². The number of hydrogen-bond donors (Lipinski definition) is 3. The molecule has 0 saturated carbocycles. The van der Waals surface area contributed by atoms with E-state index in [0.29, 0.717) is 12.8 Å². The largest absolute Gasteiger partial charge is 0.304 e. The van der Waals surface area contributed by atoms with Crippen LogP contribution in [0.3, 0.4) is 0 Å². The number of hydrogen-bond acceptors (Lipinski definition) is 3. The third-order valence-corrected chi connectivity index (χ3v) is 0.655. The van der Waals surface area contributed by atoms with Gasteiger partial charge in [-0.1, -0.05) is 0 Å². The Labute approximate surface area is 56.8 Å². The van der Waals surface area contributed by atoms with Crippen LogP contribution in [0.25, 0.3) is 0 Å². The van der Waals surface area contributed by atoms with Gasteiger partial charge in [-0.25, -0.2) is 0 Å². The molecular formula is C3H5N3O2S. The number of amides is 2. The van der Waals surface area contributed by atoms with E-state index in [1.807, 2.05) is 5.43 Å². The first-order chi connectivity index (χ1) is 4.31. The van der Waals surface area contributed by atoms with Crippen LogP contribution >= 0.6 is 12.2 Å². The number of rotatable bonds is 3. The molecule has 0 aliphatic rings. The summed E-state index contributed by atoms with van der Waals surface area (Å²) >= 11 is 4.44. The van der Waals surface area contributed by atoms with Crippen molar-refractivity contribution in [2.45, 2.75) is 0 Å². The van der Waals surface area contributed by atoms with Crippen LogP contribution in [0.5, 0.6) is 0 Å². The summed E-state index contributed by atoms with van der Waals surface area (Å²) in [4.78, 5) is 19.2. The lowest BCUT2D eigenvalue weighted by Crippen LogP contribution is -2.42. The smallest absolute Gasteiger partial charge is 0.225 e.